The minimum absolute atomic E-state index is 0.133. The van der Waals surface area contributed by atoms with Gasteiger partial charge in [0.2, 0.25) is 0 Å². The summed E-state index contributed by atoms with van der Waals surface area (Å²) in [5, 5.41) is 14.9. The van der Waals surface area contributed by atoms with Crippen LogP contribution in [0.15, 0.2) is 78.0 Å². The topological polar surface area (TPSA) is 54.3 Å². The maximum Gasteiger partial charge on any atom is 0.145 e. The lowest BCUT2D eigenvalue weighted by atomic mass is 10.00. The lowest BCUT2D eigenvalue weighted by Crippen LogP contribution is -2.39. The van der Waals surface area contributed by atoms with Crippen LogP contribution in [0.5, 0.6) is 0 Å². The highest BCUT2D eigenvalue weighted by atomic mass is 19.1. The molecule has 0 saturated heterocycles. The molecular weight excluding hydrogens is 450 g/mol. The molecule has 3 aromatic rings. The van der Waals surface area contributed by atoms with Gasteiger partial charge in [-0.2, -0.15) is 0 Å². The van der Waals surface area contributed by atoms with Crippen molar-refractivity contribution in [2.24, 2.45) is 5.16 Å². The summed E-state index contributed by atoms with van der Waals surface area (Å²) in [5.74, 6) is -1.24. The molecular formula is C28H30F2N2O3. The van der Waals surface area contributed by atoms with E-state index in [1.807, 2.05) is 66.4 Å². The third kappa shape index (κ3) is 7.18. The Labute approximate surface area is 204 Å². The molecule has 0 aliphatic carbocycles. The minimum atomic E-state index is -0.791. The van der Waals surface area contributed by atoms with Crippen molar-refractivity contribution in [2.75, 3.05) is 19.7 Å². The Kier molecular flexibility index (Phi) is 8.58. The number of aliphatic hydroxyl groups excluding tert-OH is 1. The Morgan fingerprint density at radius 1 is 1.09 bits per heavy atom. The average molecular weight is 481 g/mol. The summed E-state index contributed by atoms with van der Waals surface area (Å²) in [6.07, 6.45) is -0.431. The van der Waals surface area contributed by atoms with Crippen LogP contribution in [-0.2, 0) is 22.7 Å². The fourth-order valence-electron chi connectivity index (χ4n) is 4.20. The molecule has 7 heteroatoms. The molecule has 3 aromatic carbocycles. The van der Waals surface area contributed by atoms with Crippen LogP contribution in [0.3, 0.4) is 0 Å². The van der Waals surface area contributed by atoms with Crippen molar-refractivity contribution < 1.29 is 23.5 Å². The third-order valence-corrected chi connectivity index (χ3v) is 5.95. The van der Waals surface area contributed by atoms with Gasteiger partial charge in [-0.1, -0.05) is 65.8 Å². The van der Waals surface area contributed by atoms with Crippen molar-refractivity contribution in [3.8, 4) is 0 Å². The van der Waals surface area contributed by atoms with E-state index in [2.05, 4.69) is 5.16 Å². The Balaban J connectivity index is 1.38. The maximum atomic E-state index is 14.4. The number of benzene rings is 3. The van der Waals surface area contributed by atoms with Gasteiger partial charge in [-0.05, 0) is 24.1 Å². The van der Waals surface area contributed by atoms with Gasteiger partial charge in [0.1, 0.15) is 17.7 Å². The third-order valence-electron chi connectivity index (χ3n) is 5.95. The second kappa shape index (κ2) is 12.0. The molecule has 1 N–H and O–H groups in total. The molecule has 0 saturated carbocycles. The second-order valence-electron chi connectivity index (χ2n) is 8.87. The van der Waals surface area contributed by atoms with Crippen LogP contribution in [0, 0.1) is 18.6 Å². The van der Waals surface area contributed by atoms with Gasteiger partial charge in [0.15, 0.2) is 0 Å². The average Bonchev–Trinajstić information content (AvgIpc) is 3.30. The highest BCUT2D eigenvalue weighted by Crippen LogP contribution is 2.21. The van der Waals surface area contributed by atoms with E-state index < -0.39 is 17.7 Å². The molecule has 2 atom stereocenters. The number of rotatable bonds is 11. The van der Waals surface area contributed by atoms with Crippen LogP contribution in [0.1, 0.15) is 28.7 Å². The molecule has 0 spiro atoms. The summed E-state index contributed by atoms with van der Waals surface area (Å²) in [4.78, 5) is 7.59. The molecule has 0 bridgehead atoms. The van der Waals surface area contributed by atoms with Crippen LogP contribution in [0.25, 0.3) is 0 Å². The summed E-state index contributed by atoms with van der Waals surface area (Å²) >= 11 is 0. The van der Waals surface area contributed by atoms with E-state index in [0.717, 1.165) is 28.5 Å². The van der Waals surface area contributed by atoms with Gasteiger partial charge < -0.3 is 14.7 Å². The Hall–Kier alpha value is -3.13. The van der Waals surface area contributed by atoms with Gasteiger partial charge in [-0.25, -0.2) is 8.78 Å². The first kappa shape index (κ1) is 25.0. The van der Waals surface area contributed by atoms with Crippen molar-refractivity contribution in [3.05, 3.63) is 107 Å². The lowest BCUT2D eigenvalue weighted by molar-refractivity contribution is -0.00671. The number of oxime groups is 1. The molecule has 0 radical (unpaired) electrons. The molecule has 0 aromatic heterocycles. The molecule has 35 heavy (non-hydrogen) atoms. The molecule has 4 rings (SSSR count). The summed E-state index contributed by atoms with van der Waals surface area (Å²) in [6.45, 7) is 3.41. The van der Waals surface area contributed by atoms with E-state index in [1.54, 1.807) is 0 Å². The molecule has 0 unspecified atom stereocenters. The van der Waals surface area contributed by atoms with Crippen molar-refractivity contribution in [1.82, 2.24) is 4.90 Å². The van der Waals surface area contributed by atoms with Gasteiger partial charge >= 0.3 is 0 Å². The van der Waals surface area contributed by atoms with Crippen molar-refractivity contribution in [3.63, 3.8) is 0 Å². The molecule has 0 fully saturated rings. The molecule has 1 aliphatic rings. The van der Waals surface area contributed by atoms with Crippen molar-refractivity contribution in [1.29, 1.82) is 0 Å². The fourth-order valence-corrected chi connectivity index (χ4v) is 4.20. The smallest absolute Gasteiger partial charge is 0.145 e. The highest BCUT2D eigenvalue weighted by molar-refractivity contribution is 6.02. The first-order valence-electron chi connectivity index (χ1n) is 11.7. The zero-order valence-corrected chi connectivity index (χ0v) is 19.7. The Morgan fingerprint density at radius 2 is 1.86 bits per heavy atom. The zero-order valence-electron chi connectivity index (χ0n) is 19.7. The minimum Gasteiger partial charge on any atom is -0.390 e. The van der Waals surface area contributed by atoms with E-state index in [0.29, 0.717) is 25.1 Å². The fraction of sp³-hybridized carbons (Fsp3) is 0.321. The van der Waals surface area contributed by atoms with E-state index in [-0.39, 0.29) is 25.8 Å². The quantitative estimate of drug-likeness (QED) is 0.427. The predicted molar refractivity (Wildman–Crippen MR) is 131 cm³/mol. The largest absolute Gasteiger partial charge is 0.390 e. The van der Waals surface area contributed by atoms with Crippen LogP contribution >= 0.6 is 0 Å². The number of hydrogen-bond acceptors (Lipinski definition) is 5. The van der Waals surface area contributed by atoms with Crippen LogP contribution in [0.4, 0.5) is 8.78 Å². The molecule has 1 aliphatic heterocycles. The standard InChI is InChI=1S/C28H30F2N2O3/c1-20-7-5-6-10-26(20)28-14-25(35-31-28)17-32(15-22-11-12-23(29)13-27(22)30)16-24(33)19-34-18-21-8-3-2-4-9-21/h2-13,24-25,33H,14-19H2,1H3/t24-,25-/m0/s1. The van der Waals surface area contributed by atoms with E-state index >= 15 is 0 Å². The van der Waals surface area contributed by atoms with Gasteiger partial charge in [0.25, 0.3) is 0 Å². The monoisotopic (exact) mass is 480 g/mol. The van der Waals surface area contributed by atoms with Crippen molar-refractivity contribution in [2.45, 2.75) is 38.7 Å². The predicted octanol–water partition coefficient (Wildman–Crippen LogP) is 4.85. The summed E-state index contributed by atoms with van der Waals surface area (Å²) in [5.41, 5.74) is 4.40. The Morgan fingerprint density at radius 3 is 2.63 bits per heavy atom. The van der Waals surface area contributed by atoms with Gasteiger partial charge in [-0.3, -0.25) is 4.90 Å². The number of halogens is 2. The van der Waals surface area contributed by atoms with Crippen molar-refractivity contribution >= 4 is 5.71 Å². The van der Waals surface area contributed by atoms with E-state index in [4.69, 9.17) is 9.57 Å². The number of nitrogens with zero attached hydrogens (tertiary/aromatic N) is 2. The van der Waals surface area contributed by atoms with Gasteiger partial charge in [0, 0.05) is 43.2 Å². The molecule has 5 nitrogen and oxygen atoms in total. The first-order valence-corrected chi connectivity index (χ1v) is 11.7. The highest BCUT2D eigenvalue weighted by Gasteiger charge is 2.27. The SMILES string of the molecule is Cc1ccccc1C1=NO[C@H](CN(Cc2ccc(F)cc2F)C[C@H](O)COCc2ccccc2)C1. The van der Waals surface area contributed by atoms with Crippen LogP contribution in [0.2, 0.25) is 0 Å². The second-order valence-corrected chi connectivity index (χ2v) is 8.87. The first-order chi connectivity index (χ1) is 17.0. The number of ether oxygens (including phenoxy) is 1. The number of aliphatic hydroxyl groups is 1. The molecule has 184 valence electrons. The zero-order chi connectivity index (χ0) is 24.6. The summed E-state index contributed by atoms with van der Waals surface area (Å²) in [6, 6.07) is 21.2. The number of aryl methyl sites for hydroxylation is 1. The number of hydrogen-bond donors (Lipinski definition) is 1. The summed E-state index contributed by atoms with van der Waals surface area (Å²) in [7, 11) is 0. The molecule has 1 heterocycles. The summed E-state index contributed by atoms with van der Waals surface area (Å²) < 4.78 is 33.4. The van der Waals surface area contributed by atoms with Gasteiger partial charge in [0.05, 0.1) is 25.0 Å². The van der Waals surface area contributed by atoms with E-state index in [1.165, 1.54) is 12.1 Å². The lowest BCUT2D eigenvalue weighted by Gasteiger charge is -2.27. The maximum absolute atomic E-state index is 14.4. The Bertz CT molecular complexity index is 1140. The van der Waals surface area contributed by atoms with Crippen LogP contribution < -0.4 is 0 Å². The molecule has 0 amide bonds. The van der Waals surface area contributed by atoms with Gasteiger partial charge in [-0.15, -0.1) is 0 Å². The van der Waals surface area contributed by atoms with E-state index in [9.17, 15) is 13.9 Å². The normalized spacial score (nSPS) is 16.3. The van der Waals surface area contributed by atoms with Crippen LogP contribution in [-0.4, -0.2) is 47.6 Å².